The monoisotopic (exact) mass is 184 g/mol. The van der Waals surface area contributed by atoms with E-state index in [1.807, 2.05) is 24.3 Å². The summed E-state index contributed by atoms with van der Waals surface area (Å²) < 4.78 is 4.87. The zero-order valence-electron chi connectivity index (χ0n) is 7.69. The molecular weight excluding hydrogens is 176 g/mol. The number of aromatic nitrogens is 2. The van der Waals surface area contributed by atoms with Crippen molar-refractivity contribution in [2.24, 2.45) is 0 Å². The third-order valence-corrected chi connectivity index (χ3v) is 1.84. The highest BCUT2D eigenvalue weighted by atomic mass is 16.5. The lowest BCUT2D eigenvalue weighted by molar-refractivity contribution is 0.394. The predicted octanol–water partition coefficient (Wildman–Crippen LogP) is 2.03. The Morgan fingerprint density at radius 2 is 2.00 bits per heavy atom. The highest BCUT2D eigenvalue weighted by Gasteiger charge is 2.04. The Morgan fingerprint density at radius 3 is 2.50 bits per heavy atom. The lowest BCUT2D eigenvalue weighted by Crippen LogP contribution is -1.81. The van der Waals surface area contributed by atoms with Crippen LogP contribution in [0, 0.1) is 19.3 Å². The van der Waals surface area contributed by atoms with Gasteiger partial charge >= 0.3 is 0 Å². The Kier molecular flexibility index (Phi) is 2.04. The SMILES string of the molecule is C#Cc1ccc(-c2noc(C)n2)cc1. The number of rotatable bonds is 1. The maximum absolute atomic E-state index is 5.24. The molecule has 0 N–H and O–H groups in total. The third kappa shape index (κ3) is 1.50. The highest BCUT2D eigenvalue weighted by molar-refractivity contribution is 5.55. The van der Waals surface area contributed by atoms with Crippen molar-refractivity contribution in [3.8, 4) is 23.7 Å². The smallest absolute Gasteiger partial charge is 0.223 e. The van der Waals surface area contributed by atoms with Crippen LogP contribution >= 0.6 is 0 Å². The zero-order valence-corrected chi connectivity index (χ0v) is 7.69. The molecule has 0 unspecified atom stereocenters. The van der Waals surface area contributed by atoms with Gasteiger partial charge in [-0.2, -0.15) is 4.98 Å². The van der Waals surface area contributed by atoms with E-state index in [0.717, 1.165) is 11.1 Å². The van der Waals surface area contributed by atoms with Crippen molar-refractivity contribution >= 4 is 0 Å². The van der Waals surface area contributed by atoms with E-state index in [2.05, 4.69) is 16.1 Å². The van der Waals surface area contributed by atoms with Crippen molar-refractivity contribution < 1.29 is 4.52 Å². The van der Waals surface area contributed by atoms with Gasteiger partial charge < -0.3 is 4.52 Å². The minimum absolute atomic E-state index is 0.557. The molecule has 0 aliphatic heterocycles. The zero-order chi connectivity index (χ0) is 9.97. The lowest BCUT2D eigenvalue weighted by Gasteiger charge is -1.93. The summed E-state index contributed by atoms with van der Waals surface area (Å²) in [5, 5.41) is 3.80. The second-order valence-electron chi connectivity index (χ2n) is 2.86. The van der Waals surface area contributed by atoms with Crippen LogP contribution in [0.3, 0.4) is 0 Å². The highest BCUT2D eigenvalue weighted by Crippen LogP contribution is 2.15. The number of terminal acetylenes is 1. The van der Waals surface area contributed by atoms with Crippen molar-refractivity contribution in [3.63, 3.8) is 0 Å². The standard InChI is InChI=1S/C11H8N2O/c1-3-9-4-6-10(7-5-9)11-12-8(2)14-13-11/h1,4-7H,2H3. The van der Waals surface area contributed by atoms with Gasteiger partial charge in [0, 0.05) is 18.1 Å². The molecule has 0 atom stereocenters. The topological polar surface area (TPSA) is 38.9 Å². The van der Waals surface area contributed by atoms with Crippen LogP contribution in [-0.2, 0) is 0 Å². The first-order chi connectivity index (χ1) is 6.79. The van der Waals surface area contributed by atoms with Crippen molar-refractivity contribution in [1.82, 2.24) is 10.1 Å². The van der Waals surface area contributed by atoms with Crippen molar-refractivity contribution in [1.29, 1.82) is 0 Å². The fourth-order valence-corrected chi connectivity index (χ4v) is 1.13. The molecule has 68 valence electrons. The molecule has 0 aliphatic rings. The largest absolute Gasteiger partial charge is 0.339 e. The summed E-state index contributed by atoms with van der Waals surface area (Å²) in [5.41, 5.74) is 1.75. The van der Waals surface area contributed by atoms with Crippen LogP contribution in [-0.4, -0.2) is 10.1 Å². The average molecular weight is 184 g/mol. The quantitative estimate of drug-likeness (QED) is 0.636. The Labute approximate surface area is 81.8 Å². The molecule has 0 saturated heterocycles. The van der Waals surface area contributed by atoms with Gasteiger partial charge in [-0.1, -0.05) is 11.1 Å². The van der Waals surface area contributed by atoms with E-state index in [1.54, 1.807) is 6.92 Å². The molecular formula is C11H8N2O. The van der Waals surface area contributed by atoms with Gasteiger partial charge in [-0.25, -0.2) is 0 Å². The van der Waals surface area contributed by atoms with Crippen molar-refractivity contribution in [2.75, 3.05) is 0 Å². The molecule has 0 amide bonds. The molecule has 0 radical (unpaired) electrons. The summed E-state index contributed by atoms with van der Waals surface area (Å²) in [7, 11) is 0. The fraction of sp³-hybridized carbons (Fsp3) is 0.0909. The maximum atomic E-state index is 5.24. The molecule has 0 fully saturated rings. The maximum Gasteiger partial charge on any atom is 0.223 e. The molecule has 1 aromatic carbocycles. The van der Waals surface area contributed by atoms with Gasteiger partial charge in [0.2, 0.25) is 11.7 Å². The number of hydrogen-bond acceptors (Lipinski definition) is 3. The first-order valence-electron chi connectivity index (χ1n) is 4.17. The van der Waals surface area contributed by atoms with Crippen LogP contribution in [0.25, 0.3) is 11.4 Å². The van der Waals surface area contributed by atoms with Gasteiger partial charge in [0.25, 0.3) is 0 Å². The summed E-state index contributed by atoms with van der Waals surface area (Å²) in [5.74, 6) is 3.69. The first kappa shape index (κ1) is 8.52. The van der Waals surface area contributed by atoms with E-state index in [0.29, 0.717) is 11.7 Å². The molecule has 0 aliphatic carbocycles. The van der Waals surface area contributed by atoms with Crippen molar-refractivity contribution in [2.45, 2.75) is 6.92 Å². The molecule has 0 bridgehead atoms. The Balaban J connectivity index is 2.39. The van der Waals surface area contributed by atoms with E-state index in [-0.39, 0.29) is 0 Å². The Hall–Kier alpha value is -2.08. The van der Waals surface area contributed by atoms with E-state index < -0.39 is 0 Å². The number of aryl methyl sites for hydroxylation is 1. The predicted molar refractivity (Wildman–Crippen MR) is 52.4 cm³/mol. The molecule has 0 saturated carbocycles. The van der Waals surface area contributed by atoms with E-state index in [9.17, 15) is 0 Å². The van der Waals surface area contributed by atoms with E-state index >= 15 is 0 Å². The number of hydrogen-bond donors (Lipinski definition) is 0. The molecule has 0 spiro atoms. The molecule has 2 rings (SSSR count). The van der Waals surface area contributed by atoms with Crippen LogP contribution in [0.2, 0.25) is 0 Å². The minimum Gasteiger partial charge on any atom is -0.339 e. The average Bonchev–Trinajstić information content (AvgIpc) is 2.65. The molecule has 1 aromatic heterocycles. The van der Waals surface area contributed by atoms with Gasteiger partial charge in [-0.3, -0.25) is 0 Å². The summed E-state index contributed by atoms with van der Waals surface area (Å²) in [4.78, 5) is 4.11. The normalized spacial score (nSPS) is 9.71. The van der Waals surface area contributed by atoms with Crippen LogP contribution in [0.4, 0.5) is 0 Å². The van der Waals surface area contributed by atoms with Gasteiger partial charge in [-0.05, 0) is 24.3 Å². The number of benzene rings is 1. The van der Waals surface area contributed by atoms with Gasteiger partial charge in [0.15, 0.2) is 0 Å². The molecule has 14 heavy (non-hydrogen) atoms. The van der Waals surface area contributed by atoms with Gasteiger partial charge in [0.1, 0.15) is 0 Å². The molecule has 3 heteroatoms. The van der Waals surface area contributed by atoms with Crippen LogP contribution < -0.4 is 0 Å². The molecule has 2 aromatic rings. The van der Waals surface area contributed by atoms with E-state index in [4.69, 9.17) is 10.9 Å². The van der Waals surface area contributed by atoms with Crippen molar-refractivity contribution in [3.05, 3.63) is 35.7 Å². The fourth-order valence-electron chi connectivity index (χ4n) is 1.13. The second-order valence-corrected chi connectivity index (χ2v) is 2.86. The molecule has 3 nitrogen and oxygen atoms in total. The third-order valence-electron chi connectivity index (χ3n) is 1.84. The molecule has 1 heterocycles. The van der Waals surface area contributed by atoms with Gasteiger partial charge in [-0.15, -0.1) is 6.42 Å². The Bertz CT molecular complexity index is 477. The first-order valence-corrected chi connectivity index (χ1v) is 4.17. The van der Waals surface area contributed by atoms with Crippen LogP contribution in [0.15, 0.2) is 28.8 Å². The minimum atomic E-state index is 0.557. The number of nitrogens with zero attached hydrogens (tertiary/aromatic N) is 2. The van der Waals surface area contributed by atoms with Crippen LogP contribution in [0.1, 0.15) is 11.5 Å². The Morgan fingerprint density at radius 1 is 1.29 bits per heavy atom. The summed E-state index contributed by atoms with van der Waals surface area (Å²) >= 11 is 0. The summed E-state index contributed by atoms with van der Waals surface area (Å²) in [6.45, 7) is 1.76. The lowest BCUT2D eigenvalue weighted by atomic mass is 10.1. The van der Waals surface area contributed by atoms with Gasteiger partial charge in [0.05, 0.1) is 0 Å². The summed E-state index contributed by atoms with van der Waals surface area (Å²) in [6, 6.07) is 7.45. The summed E-state index contributed by atoms with van der Waals surface area (Å²) in [6.07, 6.45) is 5.24. The second kappa shape index (κ2) is 3.35. The van der Waals surface area contributed by atoms with Crippen LogP contribution in [0.5, 0.6) is 0 Å². The van der Waals surface area contributed by atoms with E-state index in [1.165, 1.54) is 0 Å².